The molecule has 18 heavy (non-hydrogen) atoms. The van der Waals surface area contributed by atoms with Crippen LogP contribution in [0, 0.1) is 0 Å². The topological polar surface area (TPSA) is 39.4 Å². The predicted molar refractivity (Wildman–Crippen MR) is 69.9 cm³/mol. The number of benzene rings is 1. The summed E-state index contributed by atoms with van der Waals surface area (Å²) in [7, 11) is 0. The second-order valence-corrected chi connectivity index (χ2v) is 4.63. The van der Waals surface area contributed by atoms with Gasteiger partial charge in [0.05, 0.1) is 15.1 Å². The van der Waals surface area contributed by atoms with Crippen LogP contribution in [0.2, 0.25) is 15.1 Å². The highest BCUT2D eigenvalue weighted by Crippen LogP contribution is 2.34. The molecule has 0 radical (unpaired) electrons. The number of hydrogen-bond donors (Lipinski definition) is 0. The van der Waals surface area contributed by atoms with Crippen LogP contribution in [0.4, 0.5) is 0 Å². The number of carbonyl (C=O) groups is 1. The Balaban J connectivity index is 2.10. The minimum Gasteiger partial charge on any atom is -0.484 e. The summed E-state index contributed by atoms with van der Waals surface area (Å²) >= 11 is 17.6. The van der Waals surface area contributed by atoms with E-state index in [4.69, 9.17) is 44.0 Å². The van der Waals surface area contributed by atoms with E-state index in [-0.39, 0.29) is 12.4 Å². The van der Waals surface area contributed by atoms with E-state index in [2.05, 4.69) is 0 Å². The molecule has 3 nitrogen and oxygen atoms in total. The first-order valence-electron chi connectivity index (χ1n) is 4.91. The first kappa shape index (κ1) is 13.3. The van der Waals surface area contributed by atoms with Crippen molar-refractivity contribution in [2.24, 2.45) is 0 Å². The molecule has 0 unspecified atom stereocenters. The summed E-state index contributed by atoms with van der Waals surface area (Å²) in [6.07, 6.45) is 0.621. The van der Waals surface area contributed by atoms with E-state index < -0.39 is 0 Å². The molecule has 0 spiro atoms. The maximum atomic E-state index is 10.4. The molecular weight excluding hydrogens is 298 g/mol. The van der Waals surface area contributed by atoms with Gasteiger partial charge in [-0.25, -0.2) is 0 Å². The largest absolute Gasteiger partial charge is 0.484 e. The van der Waals surface area contributed by atoms with E-state index in [0.717, 1.165) is 0 Å². The molecule has 0 aliphatic rings. The zero-order valence-corrected chi connectivity index (χ0v) is 11.2. The number of carbonyl (C=O) groups excluding carboxylic acids is 1. The van der Waals surface area contributed by atoms with E-state index in [1.807, 2.05) is 0 Å². The SMILES string of the molecule is O=Cc1ccc(COc2cc(Cl)c(Cl)cc2Cl)o1. The Bertz CT molecular complexity index is 578. The minimum atomic E-state index is 0.144. The van der Waals surface area contributed by atoms with Gasteiger partial charge in [0.25, 0.3) is 0 Å². The number of hydrogen-bond acceptors (Lipinski definition) is 3. The fourth-order valence-corrected chi connectivity index (χ4v) is 1.89. The molecule has 0 bridgehead atoms. The summed E-state index contributed by atoms with van der Waals surface area (Å²) in [5.74, 6) is 1.16. The van der Waals surface area contributed by atoms with E-state index in [1.165, 1.54) is 12.1 Å². The Morgan fingerprint density at radius 2 is 1.83 bits per heavy atom. The van der Waals surface area contributed by atoms with Crippen LogP contribution < -0.4 is 4.74 Å². The van der Waals surface area contributed by atoms with Crippen molar-refractivity contribution in [3.8, 4) is 5.75 Å². The van der Waals surface area contributed by atoms with Crippen LogP contribution in [-0.4, -0.2) is 6.29 Å². The van der Waals surface area contributed by atoms with Crippen LogP contribution in [0.3, 0.4) is 0 Å². The maximum Gasteiger partial charge on any atom is 0.185 e. The van der Waals surface area contributed by atoms with Crippen molar-refractivity contribution in [3.05, 3.63) is 50.9 Å². The number of furan rings is 1. The number of halogens is 3. The second-order valence-electron chi connectivity index (χ2n) is 3.41. The molecule has 94 valence electrons. The zero-order valence-electron chi connectivity index (χ0n) is 8.95. The first-order chi connectivity index (χ1) is 8.60. The summed E-state index contributed by atoms with van der Waals surface area (Å²) < 4.78 is 10.6. The molecule has 0 atom stereocenters. The fourth-order valence-electron chi connectivity index (χ4n) is 1.30. The molecule has 2 rings (SSSR count). The average Bonchev–Trinajstić information content (AvgIpc) is 2.80. The van der Waals surface area contributed by atoms with Crippen LogP contribution in [0.15, 0.2) is 28.7 Å². The van der Waals surface area contributed by atoms with Gasteiger partial charge in [-0.1, -0.05) is 34.8 Å². The lowest BCUT2D eigenvalue weighted by Gasteiger charge is -2.07. The number of ether oxygens (including phenoxy) is 1. The van der Waals surface area contributed by atoms with Crippen molar-refractivity contribution in [2.45, 2.75) is 6.61 Å². The molecule has 2 aromatic rings. The highest BCUT2D eigenvalue weighted by molar-refractivity contribution is 6.43. The molecule has 0 aliphatic heterocycles. The van der Waals surface area contributed by atoms with Crippen LogP contribution in [0.1, 0.15) is 16.3 Å². The molecular formula is C12H7Cl3O3. The molecule has 6 heteroatoms. The Morgan fingerprint density at radius 1 is 1.11 bits per heavy atom. The molecule has 0 N–H and O–H groups in total. The average molecular weight is 306 g/mol. The normalized spacial score (nSPS) is 10.4. The Hall–Kier alpha value is -1.16. The maximum absolute atomic E-state index is 10.4. The number of rotatable bonds is 4. The van der Waals surface area contributed by atoms with Gasteiger partial charge in [0.2, 0.25) is 0 Å². The van der Waals surface area contributed by atoms with Gasteiger partial charge in [-0.15, -0.1) is 0 Å². The Kier molecular flexibility index (Phi) is 4.17. The van der Waals surface area contributed by atoms with Crippen molar-refractivity contribution >= 4 is 41.1 Å². The van der Waals surface area contributed by atoms with E-state index in [9.17, 15) is 4.79 Å². The third-order valence-electron chi connectivity index (χ3n) is 2.14. The van der Waals surface area contributed by atoms with Crippen molar-refractivity contribution in [1.29, 1.82) is 0 Å². The van der Waals surface area contributed by atoms with Gasteiger partial charge in [0.1, 0.15) is 18.1 Å². The van der Waals surface area contributed by atoms with Crippen LogP contribution in [0.25, 0.3) is 0 Å². The zero-order chi connectivity index (χ0) is 13.1. The van der Waals surface area contributed by atoms with Crippen molar-refractivity contribution in [3.63, 3.8) is 0 Å². The van der Waals surface area contributed by atoms with E-state index >= 15 is 0 Å². The van der Waals surface area contributed by atoms with Gasteiger partial charge in [0.15, 0.2) is 12.0 Å². The Morgan fingerprint density at radius 3 is 2.50 bits per heavy atom. The minimum absolute atomic E-state index is 0.144. The van der Waals surface area contributed by atoms with Crippen LogP contribution in [-0.2, 0) is 6.61 Å². The molecule has 1 heterocycles. The van der Waals surface area contributed by atoms with Crippen molar-refractivity contribution in [2.75, 3.05) is 0 Å². The monoisotopic (exact) mass is 304 g/mol. The molecule has 0 aliphatic carbocycles. The van der Waals surface area contributed by atoms with Gasteiger partial charge in [-0.3, -0.25) is 4.79 Å². The lowest BCUT2D eigenvalue weighted by atomic mass is 10.3. The van der Waals surface area contributed by atoms with Crippen LogP contribution >= 0.6 is 34.8 Å². The molecule has 1 aromatic heterocycles. The van der Waals surface area contributed by atoms with Crippen LogP contribution in [0.5, 0.6) is 5.75 Å². The standard InChI is InChI=1S/C12H7Cl3O3/c13-9-3-11(15)12(4-10(9)14)17-6-8-2-1-7(5-16)18-8/h1-5H,6H2. The second kappa shape index (κ2) is 5.65. The lowest BCUT2D eigenvalue weighted by molar-refractivity contribution is 0.109. The highest BCUT2D eigenvalue weighted by Gasteiger charge is 2.08. The summed E-state index contributed by atoms with van der Waals surface area (Å²) in [6.45, 7) is 0.144. The highest BCUT2D eigenvalue weighted by atomic mass is 35.5. The smallest absolute Gasteiger partial charge is 0.185 e. The third-order valence-corrected chi connectivity index (χ3v) is 3.16. The lowest BCUT2D eigenvalue weighted by Crippen LogP contribution is -1.94. The molecule has 0 saturated carbocycles. The van der Waals surface area contributed by atoms with E-state index in [0.29, 0.717) is 32.9 Å². The molecule has 0 amide bonds. The first-order valence-corrected chi connectivity index (χ1v) is 6.05. The van der Waals surface area contributed by atoms with Gasteiger partial charge >= 0.3 is 0 Å². The van der Waals surface area contributed by atoms with Gasteiger partial charge in [-0.05, 0) is 18.2 Å². The Labute approximate surface area is 118 Å². The van der Waals surface area contributed by atoms with Crippen molar-refractivity contribution < 1.29 is 13.9 Å². The third kappa shape index (κ3) is 2.99. The molecule has 1 aromatic carbocycles. The quantitative estimate of drug-likeness (QED) is 0.610. The molecule has 0 fully saturated rings. The summed E-state index contributed by atoms with van der Waals surface area (Å²) in [5, 5.41) is 1.06. The van der Waals surface area contributed by atoms with Gasteiger partial charge < -0.3 is 9.15 Å². The summed E-state index contributed by atoms with van der Waals surface area (Å²) in [5.41, 5.74) is 0. The molecule has 0 saturated heterocycles. The van der Waals surface area contributed by atoms with Gasteiger partial charge in [-0.2, -0.15) is 0 Å². The summed E-state index contributed by atoms with van der Waals surface area (Å²) in [6, 6.07) is 6.23. The fraction of sp³-hybridized carbons (Fsp3) is 0.0833. The van der Waals surface area contributed by atoms with Gasteiger partial charge in [0, 0.05) is 6.07 Å². The summed E-state index contributed by atoms with van der Waals surface area (Å²) in [4.78, 5) is 10.4. The van der Waals surface area contributed by atoms with E-state index in [1.54, 1.807) is 12.1 Å². The predicted octanol–water partition coefficient (Wildman–Crippen LogP) is 4.63. The number of aldehydes is 1. The van der Waals surface area contributed by atoms with Crippen molar-refractivity contribution in [1.82, 2.24) is 0 Å².